The lowest BCUT2D eigenvalue weighted by Crippen LogP contribution is -2.19. The molecule has 0 unspecified atom stereocenters. The second kappa shape index (κ2) is 5.62. The van der Waals surface area contributed by atoms with Crippen molar-refractivity contribution in [3.8, 4) is 0 Å². The molecule has 1 aromatic heterocycles. The third-order valence-corrected chi connectivity index (χ3v) is 3.41. The molecule has 0 aliphatic carbocycles. The first-order valence-corrected chi connectivity index (χ1v) is 6.59. The van der Waals surface area contributed by atoms with E-state index < -0.39 is 0 Å². The molecule has 0 fully saturated rings. The molecule has 90 valence electrons. The van der Waals surface area contributed by atoms with Gasteiger partial charge in [0, 0.05) is 12.0 Å². The highest BCUT2D eigenvalue weighted by Gasteiger charge is 2.24. The van der Waals surface area contributed by atoms with Crippen LogP contribution in [0.4, 0.5) is 0 Å². The molecule has 0 aromatic carbocycles. The molecule has 0 aliphatic rings. The summed E-state index contributed by atoms with van der Waals surface area (Å²) in [6.45, 7) is 8.17. The molecular formula is C12H19BrN2O. The average Bonchev–Trinajstić information content (AvgIpc) is 2.61. The quantitative estimate of drug-likeness (QED) is 0.771. The molecule has 1 heterocycles. The van der Waals surface area contributed by atoms with E-state index in [0.29, 0.717) is 5.69 Å². The minimum atomic E-state index is 0.102. The van der Waals surface area contributed by atoms with Gasteiger partial charge in [-0.1, -0.05) is 13.8 Å². The molecule has 16 heavy (non-hydrogen) atoms. The zero-order valence-corrected chi connectivity index (χ0v) is 11.9. The smallest absolute Gasteiger partial charge is 0.185 e. The summed E-state index contributed by atoms with van der Waals surface area (Å²) >= 11 is 3.41. The highest BCUT2D eigenvalue weighted by molar-refractivity contribution is 9.10. The van der Waals surface area contributed by atoms with E-state index in [0.717, 1.165) is 17.3 Å². The second-order valence-electron chi connectivity index (χ2n) is 4.26. The lowest BCUT2D eigenvalue weighted by Gasteiger charge is -2.15. The number of rotatable bonds is 5. The second-order valence-corrected chi connectivity index (χ2v) is 5.11. The van der Waals surface area contributed by atoms with Crippen LogP contribution in [0.2, 0.25) is 0 Å². The Bertz CT molecular complexity index is 367. The maximum atomic E-state index is 12.3. The zero-order chi connectivity index (χ0) is 12.3. The first-order chi connectivity index (χ1) is 7.52. The molecule has 0 amide bonds. The summed E-state index contributed by atoms with van der Waals surface area (Å²) in [6, 6.07) is 0.208. The van der Waals surface area contributed by atoms with E-state index in [2.05, 4.69) is 34.9 Å². The van der Waals surface area contributed by atoms with Gasteiger partial charge in [-0.05, 0) is 42.6 Å². The summed E-state index contributed by atoms with van der Waals surface area (Å²) < 4.78 is 2.60. The minimum absolute atomic E-state index is 0.102. The molecule has 0 saturated heterocycles. The molecule has 0 spiro atoms. The van der Waals surface area contributed by atoms with Crippen LogP contribution in [0.15, 0.2) is 10.7 Å². The van der Waals surface area contributed by atoms with Crippen molar-refractivity contribution in [1.82, 2.24) is 9.78 Å². The van der Waals surface area contributed by atoms with Gasteiger partial charge in [0.2, 0.25) is 0 Å². The van der Waals surface area contributed by atoms with E-state index in [1.165, 1.54) is 0 Å². The third-order valence-electron chi connectivity index (χ3n) is 2.83. The Morgan fingerprint density at radius 1 is 1.44 bits per heavy atom. The first kappa shape index (κ1) is 13.4. The normalized spacial score (nSPS) is 11.4. The van der Waals surface area contributed by atoms with Crippen LogP contribution in [-0.4, -0.2) is 15.6 Å². The van der Waals surface area contributed by atoms with Gasteiger partial charge in [0.05, 0.1) is 10.7 Å². The predicted molar refractivity (Wildman–Crippen MR) is 68.7 cm³/mol. The standard InChI is InChI=1S/C12H19BrN2O/c1-5-9(6-2)12(16)11-10(13)7-14-15(11)8(3)4/h7-9H,5-6H2,1-4H3. The van der Waals surface area contributed by atoms with Crippen molar-refractivity contribution in [1.29, 1.82) is 0 Å². The fraction of sp³-hybridized carbons (Fsp3) is 0.667. The number of hydrogen-bond acceptors (Lipinski definition) is 2. The van der Waals surface area contributed by atoms with E-state index in [1.807, 2.05) is 13.8 Å². The minimum Gasteiger partial charge on any atom is -0.292 e. The Kier molecular flexibility index (Phi) is 4.71. The topological polar surface area (TPSA) is 34.9 Å². The van der Waals surface area contributed by atoms with Crippen molar-refractivity contribution < 1.29 is 4.79 Å². The monoisotopic (exact) mass is 286 g/mol. The van der Waals surface area contributed by atoms with Crippen LogP contribution in [-0.2, 0) is 0 Å². The lowest BCUT2D eigenvalue weighted by molar-refractivity contribution is 0.0899. The molecule has 0 bridgehead atoms. The summed E-state index contributed by atoms with van der Waals surface area (Å²) in [7, 11) is 0. The van der Waals surface area contributed by atoms with Crippen molar-refractivity contribution in [2.45, 2.75) is 46.6 Å². The van der Waals surface area contributed by atoms with Crippen molar-refractivity contribution in [2.75, 3.05) is 0 Å². The number of halogens is 1. The van der Waals surface area contributed by atoms with Crippen LogP contribution in [0.25, 0.3) is 0 Å². The van der Waals surface area contributed by atoms with E-state index in [4.69, 9.17) is 0 Å². The number of aromatic nitrogens is 2. The molecule has 1 rings (SSSR count). The fourth-order valence-electron chi connectivity index (χ4n) is 1.82. The van der Waals surface area contributed by atoms with Gasteiger partial charge in [0.15, 0.2) is 5.78 Å². The Labute approximate surface area is 105 Å². The van der Waals surface area contributed by atoms with Gasteiger partial charge in [0.1, 0.15) is 5.69 Å². The van der Waals surface area contributed by atoms with Gasteiger partial charge in [-0.15, -0.1) is 0 Å². The number of carbonyl (C=O) groups excluding carboxylic acids is 1. The highest BCUT2D eigenvalue weighted by atomic mass is 79.9. The largest absolute Gasteiger partial charge is 0.292 e. The molecular weight excluding hydrogens is 268 g/mol. The number of carbonyl (C=O) groups is 1. The Hall–Kier alpha value is -0.640. The third kappa shape index (κ3) is 2.54. The fourth-order valence-corrected chi connectivity index (χ4v) is 2.28. The zero-order valence-electron chi connectivity index (χ0n) is 10.3. The molecule has 0 radical (unpaired) electrons. The molecule has 0 atom stereocenters. The predicted octanol–water partition coefficient (Wildman–Crippen LogP) is 3.85. The van der Waals surface area contributed by atoms with Crippen LogP contribution in [0.1, 0.15) is 57.1 Å². The maximum Gasteiger partial charge on any atom is 0.185 e. The van der Waals surface area contributed by atoms with Crippen LogP contribution < -0.4 is 0 Å². The Balaban J connectivity index is 3.11. The van der Waals surface area contributed by atoms with E-state index in [9.17, 15) is 4.79 Å². The van der Waals surface area contributed by atoms with Gasteiger partial charge >= 0.3 is 0 Å². The molecule has 3 nitrogen and oxygen atoms in total. The summed E-state index contributed by atoms with van der Waals surface area (Å²) in [5, 5.41) is 4.24. The average molecular weight is 287 g/mol. The van der Waals surface area contributed by atoms with Crippen LogP contribution in [0.5, 0.6) is 0 Å². The lowest BCUT2D eigenvalue weighted by atomic mass is 9.96. The molecule has 0 aliphatic heterocycles. The maximum absolute atomic E-state index is 12.3. The van der Waals surface area contributed by atoms with Gasteiger partial charge in [-0.2, -0.15) is 5.10 Å². The van der Waals surface area contributed by atoms with Gasteiger partial charge in [0.25, 0.3) is 0 Å². The Morgan fingerprint density at radius 3 is 2.44 bits per heavy atom. The van der Waals surface area contributed by atoms with Gasteiger partial charge in [-0.25, -0.2) is 0 Å². The van der Waals surface area contributed by atoms with Gasteiger partial charge in [-0.3, -0.25) is 9.48 Å². The van der Waals surface area contributed by atoms with Crippen LogP contribution in [0.3, 0.4) is 0 Å². The van der Waals surface area contributed by atoms with E-state index in [1.54, 1.807) is 10.9 Å². The first-order valence-electron chi connectivity index (χ1n) is 5.80. The molecule has 0 N–H and O–H groups in total. The summed E-state index contributed by atoms with van der Waals surface area (Å²) in [5.74, 6) is 0.300. The van der Waals surface area contributed by atoms with E-state index in [-0.39, 0.29) is 17.7 Å². The Morgan fingerprint density at radius 2 is 2.00 bits per heavy atom. The van der Waals surface area contributed by atoms with E-state index >= 15 is 0 Å². The number of Topliss-reactive ketones (excluding diaryl/α,β-unsaturated/α-hetero) is 1. The van der Waals surface area contributed by atoms with Crippen LogP contribution in [0, 0.1) is 5.92 Å². The van der Waals surface area contributed by atoms with Crippen molar-refractivity contribution in [2.24, 2.45) is 5.92 Å². The van der Waals surface area contributed by atoms with Crippen molar-refractivity contribution >= 4 is 21.7 Å². The number of hydrogen-bond donors (Lipinski definition) is 0. The molecule has 4 heteroatoms. The summed E-state index contributed by atoms with van der Waals surface area (Å²) in [6.07, 6.45) is 3.46. The molecule has 0 saturated carbocycles. The summed E-state index contributed by atoms with van der Waals surface area (Å²) in [5.41, 5.74) is 0.712. The molecule has 1 aromatic rings. The number of nitrogens with zero attached hydrogens (tertiary/aromatic N) is 2. The summed E-state index contributed by atoms with van der Waals surface area (Å²) in [4.78, 5) is 12.3. The van der Waals surface area contributed by atoms with Crippen molar-refractivity contribution in [3.05, 3.63) is 16.4 Å². The SMILES string of the molecule is CCC(CC)C(=O)c1c(Br)cnn1C(C)C. The highest BCUT2D eigenvalue weighted by Crippen LogP contribution is 2.24. The number of ketones is 1. The van der Waals surface area contributed by atoms with Gasteiger partial charge < -0.3 is 0 Å². The van der Waals surface area contributed by atoms with Crippen LogP contribution >= 0.6 is 15.9 Å². The van der Waals surface area contributed by atoms with Crippen molar-refractivity contribution in [3.63, 3.8) is 0 Å².